The average Bonchev–Trinajstić information content (AvgIpc) is 2.48. The second-order valence-electron chi connectivity index (χ2n) is 6.42. The van der Waals surface area contributed by atoms with Gasteiger partial charge in [-0.1, -0.05) is 30.7 Å². The minimum absolute atomic E-state index is 0.0565. The van der Waals surface area contributed by atoms with Crippen molar-refractivity contribution in [2.75, 3.05) is 6.54 Å². The molecule has 21 heavy (non-hydrogen) atoms. The molecule has 1 aliphatic rings. The van der Waals surface area contributed by atoms with Gasteiger partial charge in [0, 0.05) is 11.6 Å². The first-order valence-electron chi connectivity index (χ1n) is 7.73. The zero-order valence-electron chi connectivity index (χ0n) is 12.9. The molecule has 1 fully saturated rings. The zero-order chi connectivity index (χ0) is 15.5. The maximum Gasteiger partial charge on any atom is 0.227 e. The van der Waals surface area contributed by atoms with E-state index in [-0.39, 0.29) is 17.4 Å². The highest BCUT2D eigenvalue weighted by molar-refractivity contribution is 6.30. The Hall–Kier alpha value is -1.06. The number of nitrogens with one attached hydrogen (secondary N) is 1. The molecule has 116 valence electrons. The minimum atomic E-state index is -0.390. The molecule has 0 aliphatic heterocycles. The van der Waals surface area contributed by atoms with E-state index in [1.807, 2.05) is 31.2 Å². The van der Waals surface area contributed by atoms with Crippen LogP contribution in [0.5, 0.6) is 0 Å². The van der Waals surface area contributed by atoms with Crippen molar-refractivity contribution in [2.24, 2.45) is 17.1 Å². The van der Waals surface area contributed by atoms with Crippen molar-refractivity contribution in [3.05, 3.63) is 34.9 Å². The van der Waals surface area contributed by atoms with Crippen LogP contribution in [0.4, 0.5) is 0 Å². The Morgan fingerprint density at radius 3 is 2.71 bits per heavy atom. The maximum absolute atomic E-state index is 12.7. The van der Waals surface area contributed by atoms with Crippen LogP contribution in [0.15, 0.2) is 24.3 Å². The summed E-state index contributed by atoms with van der Waals surface area (Å²) >= 11 is 6.01. The molecular weight excluding hydrogens is 284 g/mol. The van der Waals surface area contributed by atoms with Crippen LogP contribution in [0, 0.1) is 11.3 Å². The molecule has 2 rings (SSSR count). The summed E-state index contributed by atoms with van der Waals surface area (Å²) in [5.74, 6) is 0.784. The summed E-state index contributed by atoms with van der Waals surface area (Å²) in [6.07, 6.45) is 3.93. The third kappa shape index (κ3) is 3.78. The third-order valence-electron chi connectivity index (χ3n) is 4.80. The Balaban J connectivity index is 2.05. The first-order valence-corrected chi connectivity index (χ1v) is 8.11. The van der Waals surface area contributed by atoms with E-state index in [9.17, 15) is 4.79 Å². The van der Waals surface area contributed by atoms with Crippen LogP contribution >= 0.6 is 11.6 Å². The molecule has 0 radical (unpaired) electrons. The predicted octanol–water partition coefficient (Wildman–Crippen LogP) is 3.67. The van der Waals surface area contributed by atoms with E-state index >= 15 is 0 Å². The first-order chi connectivity index (χ1) is 9.97. The van der Waals surface area contributed by atoms with Gasteiger partial charge in [0.25, 0.3) is 0 Å². The number of hydrogen-bond acceptors (Lipinski definition) is 2. The van der Waals surface area contributed by atoms with E-state index in [2.05, 4.69) is 12.2 Å². The zero-order valence-corrected chi connectivity index (χ0v) is 13.6. The molecule has 1 aromatic carbocycles. The SMILES string of the molecule is CC1CCC(CN)(C(=O)N[C@H](C)c2cccc(Cl)c2)CC1. The van der Waals surface area contributed by atoms with Gasteiger partial charge in [0.2, 0.25) is 5.91 Å². The predicted molar refractivity (Wildman–Crippen MR) is 87.1 cm³/mol. The molecular formula is C17H25ClN2O. The quantitative estimate of drug-likeness (QED) is 0.891. The molecule has 0 saturated heterocycles. The smallest absolute Gasteiger partial charge is 0.227 e. The van der Waals surface area contributed by atoms with Crippen molar-refractivity contribution in [2.45, 2.75) is 45.6 Å². The molecule has 0 spiro atoms. The Bertz CT molecular complexity index is 495. The lowest BCUT2D eigenvalue weighted by atomic mass is 9.70. The lowest BCUT2D eigenvalue weighted by molar-refractivity contribution is -0.133. The lowest BCUT2D eigenvalue weighted by Crippen LogP contribution is -2.48. The standard InChI is InChI=1S/C17H25ClN2O/c1-12-6-8-17(11-19,9-7-12)16(21)20-13(2)14-4-3-5-15(18)10-14/h3-5,10,12-13H,6-9,11,19H2,1-2H3,(H,20,21)/t12?,13-,17?/m1/s1. The van der Waals surface area contributed by atoms with E-state index < -0.39 is 0 Å². The van der Waals surface area contributed by atoms with E-state index in [1.165, 1.54) is 0 Å². The summed E-state index contributed by atoms with van der Waals surface area (Å²) in [6.45, 7) is 4.65. The number of rotatable bonds is 4. The second kappa shape index (κ2) is 6.80. The van der Waals surface area contributed by atoms with E-state index in [1.54, 1.807) is 0 Å². The molecule has 1 saturated carbocycles. The minimum Gasteiger partial charge on any atom is -0.349 e. The summed E-state index contributed by atoms with van der Waals surface area (Å²) in [4.78, 5) is 12.7. The van der Waals surface area contributed by atoms with Gasteiger partial charge in [0.15, 0.2) is 0 Å². The van der Waals surface area contributed by atoms with E-state index in [4.69, 9.17) is 17.3 Å². The van der Waals surface area contributed by atoms with Crippen LogP contribution in [0.1, 0.15) is 51.1 Å². The van der Waals surface area contributed by atoms with Gasteiger partial charge in [-0.25, -0.2) is 0 Å². The average molecular weight is 309 g/mol. The second-order valence-corrected chi connectivity index (χ2v) is 6.85. The summed E-state index contributed by atoms with van der Waals surface area (Å²) in [7, 11) is 0. The Labute approximate surface area is 132 Å². The first kappa shape index (κ1) is 16.3. The maximum atomic E-state index is 12.7. The highest BCUT2D eigenvalue weighted by atomic mass is 35.5. The van der Waals surface area contributed by atoms with Crippen LogP contribution in [-0.4, -0.2) is 12.5 Å². The van der Waals surface area contributed by atoms with Crippen LogP contribution in [0.3, 0.4) is 0 Å². The van der Waals surface area contributed by atoms with Gasteiger partial charge in [-0.15, -0.1) is 0 Å². The highest BCUT2D eigenvalue weighted by Crippen LogP contribution is 2.38. The summed E-state index contributed by atoms with van der Waals surface area (Å²) in [5, 5.41) is 3.81. The number of halogens is 1. The fourth-order valence-corrected chi connectivity index (χ4v) is 3.25. The van der Waals surface area contributed by atoms with Gasteiger partial charge in [0.05, 0.1) is 11.5 Å². The van der Waals surface area contributed by atoms with E-state index in [0.29, 0.717) is 17.5 Å². The number of amides is 1. The van der Waals surface area contributed by atoms with Gasteiger partial charge in [0.1, 0.15) is 0 Å². The topological polar surface area (TPSA) is 55.1 Å². The molecule has 1 amide bonds. The van der Waals surface area contributed by atoms with Gasteiger partial charge >= 0.3 is 0 Å². The highest BCUT2D eigenvalue weighted by Gasteiger charge is 2.40. The van der Waals surface area contributed by atoms with Crippen molar-refractivity contribution in [3.8, 4) is 0 Å². The molecule has 3 nitrogen and oxygen atoms in total. The van der Waals surface area contributed by atoms with Gasteiger partial charge in [-0.3, -0.25) is 4.79 Å². The summed E-state index contributed by atoms with van der Waals surface area (Å²) in [5.41, 5.74) is 6.57. The number of carbonyl (C=O) groups is 1. The van der Waals surface area contributed by atoms with Crippen molar-refractivity contribution in [3.63, 3.8) is 0 Å². The fraction of sp³-hybridized carbons (Fsp3) is 0.588. The number of hydrogen-bond donors (Lipinski definition) is 2. The summed E-state index contributed by atoms with van der Waals surface area (Å²) in [6, 6.07) is 7.56. The molecule has 4 heteroatoms. The lowest BCUT2D eigenvalue weighted by Gasteiger charge is -2.38. The molecule has 0 bridgehead atoms. The molecule has 3 N–H and O–H groups in total. The molecule has 0 heterocycles. The third-order valence-corrected chi connectivity index (χ3v) is 5.04. The normalized spacial score (nSPS) is 27.1. The van der Waals surface area contributed by atoms with E-state index in [0.717, 1.165) is 31.2 Å². The fourth-order valence-electron chi connectivity index (χ4n) is 3.05. The van der Waals surface area contributed by atoms with Gasteiger partial charge in [-0.05, 0) is 56.2 Å². The summed E-state index contributed by atoms with van der Waals surface area (Å²) < 4.78 is 0. The van der Waals surface area contributed by atoms with Crippen LogP contribution in [0.2, 0.25) is 5.02 Å². The monoisotopic (exact) mass is 308 g/mol. The molecule has 1 aromatic rings. The molecule has 1 atom stereocenters. The van der Waals surface area contributed by atoms with Crippen LogP contribution in [-0.2, 0) is 4.79 Å². The van der Waals surface area contributed by atoms with Crippen molar-refractivity contribution >= 4 is 17.5 Å². The number of carbonyl (C=O) groups excluding carboxylic acids is 1. The number of nitrogens with two attached hydrogens (primary N) is 1. The van der Waals surface area contributed by atoms with Crippen LogP contribution < -0.4 is 11.1 Å². The Morgan fingerprint density at radius 2 is 2.14 bits per heavy atom. The largest absolute Gasteiger partial charge is 0.349 e. The van der Waals surface area contributed by atoms with Crippen molar-refractivity contribution < 1.29 is 4.79 Å². The Kier molecular flexibility index (Phi) is 5.28. The van der Waals surface area contributed by atoms with Gasteiger partial charge < -0.3 is 11.1 Å². The van der Waals surface area contributed by atoms with Crippen molar-refractivity contribution in [1.82, 2.24) is 5.32 Å². The molecule has 1 aliphatic carbocycles. The van der Waals surface area contributed by atoms with Gasteiger partial charge in [-0.2, -0.15) is 0 Å². The molecule has 0 aromatic heterocycles. The Morgan fingerprint density at radius 1 is 1.48 bits per heavy atom. The van der Waals surface area contributed by atoms with Crippen molar-refractivity contribution in [1.29, 1.82) is 0 Å². The number of benzene rings is 1. The molecule has 0 unspecified atom stereocenters. The van der Waals surface area contributed by atoms with Crippen LogP contribution in [0.25, 0.3) is 0 Å².